The van der Waals surface area contributed by atoms with Gasteiger partial charge >= 0.3 is 0 Å². The highest BCUT2D eigenvalue weighted by Crippen LogP contribution is 2.18. The topological polar surface area (TPSA) is 74.8 Å². The SMILES string of the molecule is CN=C(NCCSc1ccccc1)NCCc1ccc(OCC(=O)NC2CC2)cc1. The highest BCUT2D eigenvalue weighted by molar-refractivity contribution is 7.99. The molecule has 7 heteroatoms. The lowest BCUT2D eigenvalue weighted by Gasteiger charge is -2.12. The molecule has 0 bridgehead atoms. The van der Waals surface area contributed by atoms with Gasteiger partial charge in [-0.25, -0.2) is 0 Å². The number of rotatable bonds is 11. The lowest BCUT2D eigenvalue weighted by molar-refractivity contribution is -0.123. The molecular formula is C23H30N4O2S. The monoisotopic (exact) mass is 426 g/mol. The van der Waals surface area contributed by atoms with Crippen LogP contribution in [-0.2, 0) is 11.2 Å². The van der Waals surface area contributed by atoms with Gasteiger partial charge in [0.25, 0.3) is 5.91 Å². The molecule has 6 nitrogen and oxygen atoms in total. The van der Waals surface area contributed by atoms with Gasteiger partial charge in [-0.05, 0) is 49.1 Å². The summed E-state index contributed by atoms with van der Waals surface area (Å²) >= 11 is 1.82. The summed E-state index contributed by atoms with van der Waals surface area (Å²) < 4.78 is 5.54. The minimum atomic E-state index is -0.0492. The maximum absolute atomic E-state index is 11.7. The first-order valence-electron chi connectivity index (χ1n) is 10.4. The van der Waals surface area contributed by atoms with Gasteiger partial charge in [-0.3, -0.25) is 9.79 Å². The van der Waals surface area contributed by atoms with Crippen LogP contribution in [0.1, 0.15) is 18.4 Å². The Morgan fingerprint density at radius 1 is 1.07 bits per heavy atom. The molecule has 1 aliphatic rings. The number of benzene rings is 2. The molecule has 1 aliphatic carbocycles. The summed E-state index contributed by atoms with van der Waals surface area (Å²) in [7, 11) is 1.78. The van der Waals surface area contributed by atoms with Crippen LogP contribution in [0.3, 0.4) is 0 Å². The summed E-state index contributed by atoms with van der Waals surface area (Å²) in [6.07, 6.45) is 3.05. The molecule has 0 heterocycles. The third-order valence-corrected chi connectivity index (χ3v) is 5.59. The number of thioether (sulfide) groups is 1. The van der Waals surface area contributed by atoms with Crippen molar-refractivity contribution in [1.82, 2.24) is 16.0 Å². The van der Waals surface area contributed by atoms with E-state index in [1.54, 1.807) is 7.05 Å². The Morgan fingerprint density at radius 2 is 1.80 bits per heavy atom. The Balaban J connectivity index is 1.28. The number of aliphatic imine (C=N–C) groups is 1. The zero-order valence-corrected chi connectivity index (χ0v) is 18.2. The first-order valence-corrected chi connectivity index (χ1v) is 11.3. The molecular weight excluding hydrogens is 396 g/mol. The number of amides is 1. The fraction of sp³-hybridized carbons (Fsp3) is 0.391. The first kappa shape index (κ1) is 22.0. The number of carbonyl (C=O) groups is 1. The van der Waals surface area contributed by atoms with E-state index in [0.29, 0.717) is 11.8 Å². The third-order valence-electron chi connectivity index (χ3n) is 4.57. The van der Waals surface area contributed by atoms with Crippen molar-refractivity contribution in [3.8, 4) is 5.75 Å². The highest BCUT2D eigenvalue weighted by Gasteiger charge is 2.23. The Bertz CT molecular complexity index is 808. The van der Waals surface area contributed by atoms with Crippen molar-refractivity contribution in [3.63, 3.8) is 0 Å². The second-order valence-electron chi connectivity index (χ2n) is 7.11. The number of nitrogens with one attached hydrogen (secondary N) is 3. The van der Waals surface area contributed by atoms with Crippen molar-refractivity contribution in [2.24, 2.45) is 4.99 Å². The normalized spacial score (nSPS) is 13.6. The average molecular weight is 427 g/mol. The number of nitrogens with zero attached hydrogens (tertiary/aromatic N) is 1. The van der Waals surface area contributed by atoms with Gasteiger partial charge in [-0.2, -0.15) is 0 Å². The van der Waals surface area contributed by atoms with Crippen molar-refractivity contribution in [1.29, 1.82) is 0 Å². The van der Waals surface area contributed by atoms with E-state index >= 15 is 0 Å². The number of ether oxygens (including phenoxy) is 1. The van der Waals surface area contributed by atoms with Crippen LogP contribution < -0.4 is 20.7 Å². The second-order valence-corrected chi connectivity index (χ2v) is 8.28. The van der Waals surface area contributed by atoms with Gasteiger partial charge in [0.05, 0.1) is 0 Å². The molecule has 0 atom stereocenters. The molecule has 2 aromatic rings. The Hall–Kier alpha value is -2.67. The van der Waals surface area contributed by atoms with Crippen LogP contribution in [0, 0.1) is 0 Å². The van der Waals surface area contributed by atoms with Crippen LogP contribution in [0.15, 0.2) is 64.5 Å². The lowest BCUT2D eigenvalue weighted by atomic mass is 10.1. The molecule has 0 saturated heterocycles. The molecule has 30 heavy (non-hydrogen) atoms. The van der Waals surface area contributed by atoms with Gasteiger partial charge in [0.15, 0.2) is 12.6 Å². The average Bonchev–Trinajstić information content (AvgIpc) is 3.59. The largest absolute Gasteiger partial charge is 0.484 e. The zero-order valence-electron chi connectivity index (χ0n) is 17.4. The second kappa shape index (κ2) is 12.1. The molecule has 1 saturated carbocycles. The van der Waals surface area contributed by atoms with E-state index in [9.17, 15) is 4.79 Å². The lowest BCUT2D eigenvalue weighted by Crippen LogP contribution is -2.39. The molecule has 0 aliphatic heterocycles. The Kier molecular flexibility index (Phi) is 8.90. The molecule has 0 spiro atoms. The van der Waals surface area contributed by atoms with Gasteiger partial charge in [-0.15, -0.1) is 11.8 Å². The number of hydrogen-bond donors (Lipinski definition) is 3. The molecule has 0 radical (unpaired) electrons. The van der Waals surface area contributed by atoms with E-state index in [0.717, 1.165) is 44.1 Å². The number of guanidine groups is 1. The van der Waals surface area contributed by atoms with Crippen molar-refractivity contribution < 1.29 is 9.53 Å². The molecule has 1 amide bonds. The van der Waals surface area contributed by atoms with E-state index in [2.05, 4.69) is 45.2 Å². The highest BCUT2D eigenvalue weighted by atomic mass is 32.2. The fourth-order valence-corrected chi connectivity index (χ4v) is 3.59. The smallest absolute Gasteiger partial charge is 0.258 e. The molecule has 2 aromatic carbocycles. The maximum Gasteiger partial charge on any atom is 0.258 e. The van der Waals surface area contributed by atoms with E-state index in [4.69, 9.17) is 4.74 Å². The van der Waals surface area contributed by atoms with Gasteiger partial charge in [-0.1, -0.05) is 30.3 Å². The maximum atomic E-state index is 11.7. The minimum absolute atomic E-state index is 0.0492. The quantitative estimate of drug-likeness (QED) is 0.223. The van der Waals surface area contributed by atoms with Crippen molar-refractivity contribution >= 4 is 23.6 Å². The first-order chi connectivity index (χ1) is 14.7. The van der Waals surface area contributed by atoms with Crippen LogP contribution in [-0.4, -0.2) is 50.4 Å². The summed E-state index contributed by atoms with van der Waals surface area (Å²) in [5.74, 6) is 2.45. The summed E-state index contributed by atoms with van der Waals surface area (Å²) in [6.45, 7) is 1.71. The van der Waals surface area contributed by atoms with Crippen LogP contribution in [0.25, 0.3) is 0 Å². The third kappa shape index (κ3) is 8.37. The van der Waals surface area contributed by atoms with E-state index < -0.39 is 0 Å². The van der Waals surface area contributed by atoms with Gasteiger partial charge in [0.2, 0.25) is 0 Å². The van der Waals surface area contributed by atoms with Crippen LogP contribution >= 0.6 is 11.8 Å². The summed E-state index contributed by atoms with van der Waals surface area (Å²) in [6, 6.07) is 18.6. The van der Waals surface area contributed by atoms with E-state index in [-0.39, 0.29) is 12.5 Å². The summed E-state index contributed by atoms with van der Waals surface area (Å²) in [4.78, 5) is 17.2. The molecule has 3 rings (SSSR count). The van der Waals surface area contributed by atoms with Crippen LogP contribution in [0.5, 0.6) is 5.75 Å². The van der Waals surface area contributed by atoms with Crippen molar-refractivity contribution in [3.05, 3.63) is 60.2 Å². The minimum Gasteiger partial charge on any atom is -0.484 e. The predicted octanol–water partition coefficient (Wildman–Crippen LogP) is 2.84. The van der Waals surface area contributed by atoms with Crippen molar-refractivity contribution in [2.45, 2.75) is 30.2 Å². The molecule has 0 aromatic heterocycles. The van der Waals surface area contributed by atoms with E-state index in [1.165, 1.54) is 10.5 Å². The van der Waals surface area contributed by atoms with Crippen LogP contribution in [0.2, 0.25) is 0 Å². The molecule has 3 N–H and O–H groups in total. The van der Waals surface area contributed by atoms with Gasteiger partial charge < -0.3 is 20.7 Å². The summed E-state index contributed by atoms with van der Waals surface area (Å²) in [5.41, 5.74) is 1.20. The predicted molar refractivity (Wildman–Crippen MR) is 123 cm³/mol. The standard InChI is InChI=1S/C23H30N4O2S/c1-24-23(26-15-16-30-21-5-3-2-4-6-21)25-14-13-18-7-11-20(12-8-18)29-17-22(28)27-19-9-10-19/h2-8,11-12,19H,9-10,13-17H2,1H3,(H,27,28)(H2,24,25,26). The number of hydrogen-bond acceptors (Lipinski definition) is 4. The molecule has 1 fully saturated rings. The Labute approximate surface area is 182 Å². The van der Waals surface area contributed by atoms with Crippen molar-refractivity contribution in [2.75, 3.05) is 32.5 Å². The van der Waals surface area contributed by atoms with Gasteiger partial charge in [0, 0.05) is 36.8 Å². The summed E-state index contributed by atoms with van der Waals surface area (Å²) in [5, 5.41) is 9.60. The molecule has 160 valence electrons. The molecule has 0 unspecified atom stereocenters. The van der Waals surface area contributed by atoms with Gasteiger partial charge in [0.1, 0.15) is 5.75 Å². The van der Waals surface area contributed by atoms with Crippen LogP contribution in [0.4, 0.5) is 0 Å². The van der Waals surface area contributed by atoms with E-state index in [1.807, 2.05) is 42.1 Å². The Morgan fingerprint density at radius 3 is 2.50 bits per heavy atom. The zero-order chi connectivity index (χ0) is 21.0. The fourth-order valence-electron chi connectivity index (χ4n) is 2.80. The number of carbonyl (C=O) groups excluding carboxylic acids is 1.